The molecule has 1 fully saturated rings. The lowest BCUT2D eigenvalue weighted by molar-refractivity contribution is 0.184. The summed E-state index contributed by atoms with van der Waals surface area (Å²) in [6, 6.07) is 0. The number of rotatable bonds is 16. The van der Waals surface area contributed by atoms with Crippen LogP contribution in [0.1, 0.15) is 111 Å². The Morgan fingerprint density at radius 3 is 2.34 bits per heavy atom. The van der Waals surface area contributed by atoms with Crippen molar-refractivity contribution in [2.24, 2.45) is 17.8 Å². The second-order valence-corrected chi connectivity index (χ2v) is 9.56. The van der Waals surface area contributed by atoms with Gasteiger partial charge in [0, 0.05) is 18.9 Å². The van der Waals surface area contributed by atoms with E-state index in [2.05, 4.69) is 49.8 Å². The molecule has 1 heterocycles. The summed E-state index contributed by atoms with van der Waals surface area (Å²) in [4.78, 5) is 2.64. The number of unbranched alkanes of at least 4 members (excludes halogenated alkanes) is 4. The van der Waals surface area contributed by atoms with Crippen LogP contribution in [0.5, 0.6) is 0 Å². The van der Waals surface area contributed by atoms with Crippen LogP contribution in [0, 0.1) is 29.6 Å². The van der Waals surface area contributed by atoms with Crippen LogP contribution in [-0.4, -0.2) is 37.6 Å². The second kappa shape index (κ2) is 18.3. The Balaban J connectivity index is 2.09. The number of nitrogens with one attached hydrogen (secondary N) is 1. The van der Waals surface area contributed by atoms with Crippen LogP contribution in [-0.2, 0) is 0 Å². The quantitative estimate of drug-likeness (QED) is 0.222. The molecule has 2 atom stereocenters. The van der Waals surface area contributed by atoms with Gasteiger partial charge in [-0.2, -0.15) is 0 Å². The van der Waals surface area contributed by atoms with Crippen LogP contribution in [0.3, 0.4) is 0 Å². The number of hydrogen-bond acceptors (Lipinski definition) is 2. The lowest BCUT2D eigenvalue weighted by atomic mass is 9.94. The molecule has 2 unspecified atom stereocenters. The van der Waals surface area contributed by atoms with E-state index in [0.29, 0.717) is 5.92 Å². The summed E-state index contributed by atoms with van der Waals surface area (Å²) < 4.78 is 0. The molecule has 0 saturated carbocycles. The van der Waals surface area contributed by atoms with E-state index in [1.807, 2.05) is 0 Å². The smallest absolute Gasteiger partial charge is 0.0217 e. The van der Waals surface area contributed by atoms with E-state index in [9.17, 15) is 0 Å². The van der Waals surface area contributed by atoms with Gasteiger partial charge in [0.1, 0.15) is 0 Å². The Bertz CT molecular complexity index is 414. The first-order valence-electron chi connectivity index (χ1n) is 13.1. The first-order valence-corrected chi connectivity index (χ1v) is 13.1. The van der Waals surface area contributed by atoms with Gasteiger partial charge in [-0.1, -0.05) is 72.6 Å². The summed E-state index contributed by atoms with van der Waals surface area (Å²) in [5, 5.41) is 3.81. The average molecular weight is 405 g/mol. The molecule has 0 aromatic heterocycles. The van der Waals surface area contributed by atoms with Gasteiger partial charge in [-0.05, 0) is 70.1 Å². The van der Waals surface area contributed by atoms with Crippen LogP contribution in [0.25, 0.3) is 0 Å². The Morgan fingerprint density at radius 1 is 0.897 bits per heavy atom. The molecule has 2 nitrogen and oxygen atoms in total. The summed E-state index contributed by atoms with van der Waals surface area (Å²) in [6.07, 6.45) is 17.4. The van der Waals surface area contributed by atoms with Gasteiger partial charge in [-0.3, -0.25) is 0 Å². The number of hydrogen-bond donors (Lipinski definition) is 1. The predicted octanol–water partition coefficient (Wildman–Crippen LogP) is 6.89. The molecule has 170 valence electrons. The van der Waals surface area contributed by atoms with Gasteiger partial charge in [0.15, 0.2) is 0 Å². The molecule has 1 aliphatic rings. The number of piperidine rings is 1. The molecule has 0 spiro atoms. The lowest BCUT2D eigenvalue weighted by Crippen LogP contribution is -2.38. The van der Waals surface area contributed by atoms with Crippen LogP contribution in [0.15, 0.2) is 0 Å². The Morgan fingerprint density at radius 2 is 1.66 bits per heavy atom. The van der Waals surface area contributed by atoms with E-state index in [-0.39, 0.29) is 0 Å². The molecule has 1 saturated heterocycles. The molecule has 0 amide bonds. The molecular weight excluding hydrogens is 352 g/mol. The Kier molecular flexibility index (Phi) is 16.7. The van der Waals surface area contributed by atoms with E-state index < -0.39 is 0 Å². The third-order valence-electron chi connectivity index (χ3n) is 6.63. The minimum absolute atomic E-state index is 0.581. The molecule has 0 bridgehead atoms. The van der Waals surface area contributed by atoms with E-state index in [0.717, 1.165) is 18.3 Å². The molecule has 1 aliphatic heterocycles. The molecule has 2 heteroatoms. The van der Waals surface area contributed by atoms with Crippen molar-refractivity contribution in [2.45, 2.75) is 111 Å². The van der Waals surface area contributed by atoms with Crippen molar-refractivity contribution in [3.05, 3.63) is 0 Å². The highest BCUT2D eigenvalue weighted by Crippen LogP contribution is 2.18. The zero-order chi connectivity index (χ0) is 21.2. The number of likely N-dealkylation sites (tertiary alicyclic amines) is 1. The fraction of sp³-hybridized carbons (Fsp3) is 0.926. The highest BCUT2D eigenvalue weighted by Gasteiger charge is 2.18. The topological polar surface area (TPSA) is 15.3 Å². The number of nitrogens with zero attached hydrogens (tertiary/aromatic N) is 1. The first kappa shape index (κ1) is 26.5. The molecular formula is C27H52N2. The molecule has 0 radical (unpaired) electrons. The van der Waals surface area contributed by atoms with Crippen molar-refractivity contribution < 1.29 is 0 Å². The van der Waals surface area contributed by atoms with Crippen molar-refractivity contribution >= 4 is 0 Å². The first-order chi connectivity index (χ1) is 14.2. The van der Waals surface area contributed by atoms with E-state index in [1.54, 1.807) is 0 Å². The van der Waals surface area contributed by atoms with E-state index in [1.165, 1.54) is 110 Å². The monoisotopic (exact) mass is 404 g/mol. The third-order valence-corrected chi connectivity index (χ3v) is 6.63. The van der Waals surface area contributed by atoms with Gasteiger partial charge in [-0.25, -0.2) is 0 Å². The average Bonchev–Trinajstić information content (AvgIpc) is 2.73. The Labute approximate surface area is 184 Å². The van der Waals surface area contributed by atoms with Crippen LogP contribution < -0.4 is 5.32 Å². The van der Waals surface area contributed by atoms with Crippen LogP contribution in [0.2, 0.25) is 0 Å². The molecule has 29 heavy (non-hydrogen) atoms. The zero-order valence-electron chi connectivity index (χ0n) is 20.4. The van der Waals surface area contributed by atoms with Crippen molar-refractivity contribution in [3.63, 3.8) is 0 Å². The van der Waals surface area contributed by atoms with Gasteiger partial charge in [-0.15, -0.1) is 11.8 Å². The third kappa shape index (κ3) is 14.2. The van der Waals surface area contributed by atoms with Crippen molar-refractivity contribution in [3.8, 4) is 11.8 Å². The fourth-order valence-corrected chi connectivity index (χ4v) is 4.57. The summed E-state index contributed by atoms with van der Waals surface area (Å²) in [7, 11) is 0. The normalized spacial score (nSPS) is 17.7. The summed E-state index contributed by atoms with van der Waals surface area (Å²) in [5.41, 5.74) is 0. The summed E-state index contributed by atoms with van der Waals surface area (Å²) in [5.74, 6) is 9.30. The fourth-order valence-electron chi connectivity index (χ4n) is 4.57. The zero-order valence-corrected chi connectivity index (χ0v) is 20.4. The maximum Gasteiger partial charge on any atom is 0.0217 e. The second-order valence-electron chi connectivity index (χ2n) is 9.56. The van der Waals surface area contributed by atoms with Gasteiger partial charge in [0.2, 0.25) is 0 Å². The Hall–Kier alpha value is -0.520. The molecule has 1 rings (SSSR count). The lowest BCUT2D eigenvalue weighted by Gasteiger charge is -2.32. The standard InChI is InChI=1S/C27H52N2/c1-5-8-10-11-15-25(4)16-12-13-20-29-21-18-27(19-22-29)24-28-23-26(14-7-3)17-9-6-2/h25-28H,5-11,13-15,17-24H2,1-4H3. The van der Waals surface area contributed by atoms with Crippen molar-refractivity contribution in [2.75, 3.05) is 32.7 Å². The largest absolute Gasteiger partial charge is 0.316 e. The summed E-state index contributed by atoms with van der Waals surface area (Å²) >= 11 is 0. The maximum absolute atomic E-state index is 3.81. The van der Waals surface area contributed by atoms with Crippen LogP contribution >= 0.6 is 0 Å². The predicted molar refractivity (Wildman–Crippen MR) is 130 cm³/mol. The SMILES string of the molecule is CCCCCCC(C)C#CCCN1CCC(CNCC(CCC)CCCC)CC1. The molecule has 0 aromatic carbocycles. The highest BCUT2D eigenvalue weighted by atomic mass is 15.1. The minimum Gasteiger partial charge on any atom is -0.316 e. The van der Waals surface area contributed by atoms with Crippen molar-refractivity contribution in [1.29, 1.82) is 0 Å². The van der Waals surface area contributed by atoms with E-state index >= 15 is 0 Å². The van der Waals surface area contributed by atoms with Gasteiger partial charge in [0.05, 0.1) is 0 Å². The van der Waals surface area contributed by atoms with Gasteiger partial charge in [0.25, 0.3) is 0 Å². The van der Waals surface area contributed by atoms with Gasteiger partial charge < -0.3 is 10.2 Å². The molecule has 0 aliphatic carbocycles. The van der Waals surface area contributed by atoms with E-state index in [4.69, 9.17) is 0 Å². The van der Waals surface area contributed by atoms with Crippen LogP contribution in [0.4, 0.5) is 0 Å². The van der Waals surface area contributed by atoms with Crippen molar-refractivity contribution in [1.82, 2.24) is 10.2 Å². The van der Waals surface area contributed by atoms with Gasteiger partial charge >= 0.3 is 0 Å². The molecule has 1 N–H and O–H groups in total. The highest BCUT2D eigenvalue weighted by molar-refractivity contribution is 5.02. The maximum atomic E-state index is 3.81. The summed E-state index contributed by atoms with van der Waals surface area (Å²) in [6.45, 7) is 15.4. The molecule has 0 aromatic rings. The minimum atomic E-state index is 0.581.